The number of rotatable bonds is 5. The Kier molecular flexibility index (Phi) is 3.97. The minimum absolute atomic E-state index is 0.00980. The summed E-state index contributed by atoms with van der Waals surface area (Å²) >= 11 is 0. The molecule has 4 bridgehead atoms. The van der Waals surface area contributed by atoms with Gasteiger partial charge >= 0.3 is 6.01 Å². The number of carbonyl (C=O) groups excluding carboxylic acids is 1. The molecular formula is C21H29N3O3. The van der Waals surface area contributed by atoms with Crippen LogP contribution in [0.15, 0.2) is 6.20 Å². The molecule has 5 saturated carbocycles. The molecule has 5 fully saturated rings. The lowest BCUT2D eigenvalue weighted by atomic mass is 9.52. The molecule has 0 aliphatic heterocycles. The highest BCUT2D eigenvalue weighted by atomic mass is 16.5. The second-order valence-electron chi connectivity index (χ2n) is 9.59. The summed E-state index contributed by atoms with van der Waals surface area (Å²) in [7, 11) is 0. The highest BCUT2D eigenvalue weighted by Gasteiger charge is 2.55. The monoisotopic (exact) mass is 371 g/mol. The number of hydrogen-bond donors (Lipinski definition) is 2. The molecule has 2 unspecified atom stereocenters. The van der Waals surface area contributed by atoms with E-state index in [0.29, 0.717) is 35.2 Å². The average Bonchev–Trinajstić information content (AvgIpc) is 3.41. The van der Waals surface area contributed by atoms with Crippen LogP contribution in [0.3, 0.4) is 0 Å². The van der Waals surface area contributed by atoms with Gasteiger partial charge in [0.25, 0.3) is 5.91 Å². The molecule has 5 aliphatic carbocycles. The summed E-state index contributed by atoms with van der Waals surface area (Å²) in [5.74, 6) is 1.73. The molecule has 1 aromatic rings. The number of aromatic nitrogens is 2. The zero-order chi connectivity index (χ0) is 18.8. The van der Waals surface area contributed by atoms with Gasteiger partial charge in [-0.15, -0.1) is 0 Å². The maximum Gasteiger partial charge on any atom is 0.316 e. The number of ether oxygens (including phenoxy) is 1. The Hall–Kier alpha value is -1.69. The van der Waals surface area contributed by atoms with Gasteiger partial charge in [0.1, 0.15) is 0 Å². The predicted molar refractivity (Wildman–Crippen MR) is 99.5 cm³/mol. The van der Waals surface area contributed by atoms with Crippen LogP contribution in [0, 0.1) is 17.8 Å². The molecule has 0 saturated heterocycles. The van der Waals surface area contributed by atoms with Crippen LogP contribution in [0.4, 0.5) is 0 Å². The maximum absolute atomic E-state index is 13.1. The van der Waals surface area contributed by atoms with E-state index in [2.05, 4.69) is 15.3 Å². The highest BCUT2D eigenvalue weighted by Crippen LogP contribution is 2.55. The van der Waals surface area contributed by atoms with Crippen LogP contribution in [-0.4, -0.2) is 38.7 Å². The standard InChI is InChI=1S/C21H29N3O3/c1-11(2)27-20-22-10-16(18(24-20)13-3-4-13)19(25)23-17-14-5-12-6-15(17)9-21(26,7-12)8-14/h10-15,17,26H,3-9H2,1-2H3,(H,23,25). The molecule has 1 aromatic heterocycles. The Morgan fingerprint density at radius 3 is 2.56 bits per heavy atom. The van der Waals surface area contributed by atoms with E-state index < -0.39 is 5.60 Å². The Labute approximate surface area is 160 Å². The SMILES string of the molecule is CC(C)Oc1ncc(C(=O)NC2C3CC4CC2CC(O)(C4)C3)c(C2CC2)n1. The molecular weight excluding hydrogens is 342 g/mol. The zero-order valence-corrected chi connectivity index (χ0v) is 16.1. The molecule has 27 heavy (non-hydrogen) atoms. The van der Waals surface area contributed by atoms with E-state index in [1.54, 1.807) is 6.20 Å². The molecule has 6 heteroatoms. The summed E-state index contributed by atoms with van der Waals surface area (Å²) < 4.78 is 5.62. The molecule has 2 atom stereocenters. The van der Waals surface area contributed by atoms with Crippen LogP contribution < -0.4 is 10.1 Å². The van der Waals surface area contributed by atoms with Gasteiger partial charge in [0.15, 0.2) is 0 Å². The lowest BCUT2D eigenvalue weighted by molar-refractivity contribution is -0.136. The summed E-state index contributed by atoms with van der Waals surface area (Å²) in [6, 6.07) is 0.535. The van der Waals surface area contributed by atoms with E-state index >= 15 is 0 Å². The number of aliphatic hydroxyl groups is 1. The lowest BCUT2D eigenvalue weighted by Gasteiger charge is -2.58. The molecule has 6 nitrogen and oxygen atoms in total. The van der Waals surface area contributed by atoms with Gasteiger partial charge in [-0.2, -0.15) is 4.98 Å². The molecule has 1 amide bonds. The van der Waals surface area contributed by atoms with Crippen molar-refractivity contribution in [2.75, 3.05) is 0 Å². The van der Waals surface area contributed by atoms with Crippen LogP contribution >= 0.6 is 0 Å². The summed E-state index contributed by atoms with van der Waals surface area (Å²) in [4.78, 5) is 21.9. The summed E-state index contributed by atoms with van der Waals surface area (Å²) in [5, 5.41) is 14.1. The molecule has 0 spiro atoms. The minimum atomic E-state index is -0.476. The summed E-state index contributed by atoms with van der Waals surface area (Å²) in [6.45, 7) is 3.89. The first-order valence-electron chi connectivity index (χ1n) is 10.5. The normalized spacial score (nSPS) is 36.9. The molecule has 0 aromatic carbocycles. The number of nitrogens with one attached hydrogen (secondary N) is 1. The molecule has 6 rings (SSSR count). The number of carbonyl (C=O) groups is 1. The van der Waals surface area contributed by atoms with Crippen molar-refractivity contribution in [2.24, 2.45) is 17.8 Å². The lowest BCUT2D eigenvalue weighted by Crippen LogP contribution is -2.61. The van der Waals surface area contributed by atoms with E-state index in [9.17, 15) is 9.90 Å². The third-order valence-corrected chi connectivity index (χ3v) is 6.88. The van der Waals surface area contributed by atoms with Gasteiger partial charge in [0.05, 0.1) is 23.0 Å². The van der Waals surface area contributed by atoms with Crippen LogP contribution in [0.2, 0.25) is 0 Å². The van der Waals surface area contributed by atoms with E-state index in [4.69, 9.17) is 4.74 Å². The van der Waals surface area contributed by atoms with Crippen molar-refractivity contribution in [1.29, 1.82) is 0 Å². The molecule has 5 aliphatic rings. The summed E-state index contributed by atoms with van der Waals surface area (Å²) in [5.41, 5.74) is 0.956. The second-order valence-corrected chi connectivity index (χ2v) is 9.59. The van der Waals surface area contributed by atoms with Gasteiger partial charge in [0.2, 0.25) is 0 Å². The smallest absolute Gasteiger partial charge is 0.316 e. The quantitative estimate of drug-likeness (QED) is 0.831. The topological polar surface area (TPSA) is 84.3 Å². The first kappa shape index (κ1) is 17.4. The Morgan fingerprint density at radius 1 is 1.26 bits per heavy atom. The van der Waals surface area contributed by atoms with Crippen molar-refractivity contribution in [3.8, 4) is 6.01 Å². The van der Waals surface area contributed by atoms with Crippen molar-refractivity contribution in [1.82, 2.24) is 15.3 Å². The van der Waals surface area contributed by atoms with Crippen LogP contribution in [0.5, 0.6) is 6.01 Å². The summed E-state index contributed by atoms with van der Waals surface area (Å²) in [6.07, 6.45) is 8.68. The maximum atomic E-state index is 13.1. The Bertz CT molecular complexity index is 745. The van der Waals surface area contributed by atoms with Gasteiger partial charge in [-0.1, -0.05) is 0 Å². The van der Waals surface area contributed by atoms with Crippen molar-refractivity contribution in [3.05, 3.63) is 17.5 Å². The van der Waals surface area contributed by atoms with Gasteiger partial charge in [-0.3, -0.25) is 4.79 Å². The molecule has 0 radical (unpaired) electrons. The van der Waals surface area contributed by atoms with Gasteiger partial charge in [-0.25, -0.2) is 4.98 Å². The third kappa shape index (κ3) is 3.22. The van der Waals surface area contributed by atoms with E-state index in [1.807, 2.05) is 13.8 Å². The predicted octanol–water partition coefficient (Wildman–Crippen LogP) is 2.81. The van der Waals surface area contributed by atoms with E-state index in [0.717, 1.165) is 50.6 Å². The Balaban J connectivity index is 1.36. The van der Waals surface area contributed by atoms with Crippen molar-refractivity contribution in [2.45, 2.75) is 82.5 Å². The molecule has 1 heterocycles. The van der Waals surface area contributed by atoms with Crippen molar-refractivity contribution in [3.63, 3.8) is 0 Å². The first-order chi connectivity index (χ1) is 12.9. The zero-order valence-electron chi connectivity index (χ0n) is 16.1. The molecule has 2 N–H and O–H groups in total. The van der Waals surface area contributed by atoms with E-state index in [1.165, 1.54) is 0 Å². The average molecular weight is 371 g/mol. The third-order valence-electron chi connectivity index (χ3n) is 6.88. The van der Waals surface area contributed by atoms with E-state index in [-0.39, 0.29) is 18.1 Å². The fraction of sp³-hybridized carbons (Fsp3) is 0.762. The first-order valence-corrected chi connectivity index (χ1v) is 10.5. The van der Waals surface area contributed by atoms with Crippen molar-refractivity contribution < 1.29 is 14.6 Å². The highest BCUT2D eigenvalue weighted by molar-refractivity contribution is 5.95. The van der Waals surface area contributed by atoms with Gasteiger partial charge in [-0.05, 0) is 76.5 Å². The Morgan fingerprint density at radius 2 is 1.96 bits per heavy atom. The van der Waals surface area contributed by atoms with Crippen molar-refractivity contribution >= 4 is 5.91 Å². The van der Waals surface area contributed by atoms with Crippen LogP contribution in [-0.2, 0) is 0 Å². The van der Waals surface area contributed by atoms with Crippen LogP contribution in [0.1, 0.15) is 80.8 Å². The second kappa shape index (κ2) is 6.16. The number of amides is 1. The largest absolute Gasteiger partial charge is 0.461 e. The number of hydrogen-bond acceptors (Lipinski definition) is 5. The number of nitrogens with zero attached hydrogens (tertiary/aromatic N) is 2. The minimum Gasteiger partial charge on any atom is -0.461 e. The van der Waals surface area contributed by atoms with Gasteiger partial charge < -0.3 is 15.2 Å². The fourth-order valence-electron chi connectivity index (χ4n) is 5.93. The molecule has 146 valence electrons. The van der Waals surface area contributed by atoms with Gasteiger partial charge in [0, 0.05) is 18.2 Å². The van der Waals surface area contributed by atoms with Crippen LogP contribution in [0.25, 0.3) is 0 Å². The fourth-order valence-corrected chi connectivity index (χ4v) is 5.93.